The minimum Gasteiger partial charge on any atom is -0.406 e. The van der Waals surface area contributed by atoms with Gasteiger partial charge in [0.05, 0.1) is 36.2 Å². The van der Waals surface area contributed by atoms with E-state index in [1.165, 1.54) is 22.9 Å². The zero-order valence-corrected chi connectivity index (χ0v) is 22.2. The van der Waals surface area contributed by atoms with Crippen molar-refractivity contribution in [2.45, 2.75) is 13.3 Å². The summed E-state index contributed by atoms with van der Waals surface area (Å²) in [5.41, 5.74) is 2.86. The Labute approximate surface area is 227 Å². The van der Waals surface area contributed by atoms with Gasteiger partial charge >= 0.3 is 6.36 Å². The van der Waals surface area contributed by atoms with Gasteiger partial charge < -0.3 is 14.4 Å². The lowest BCUT2D eigenvalue weighted by molar-refractivity contribution is -0.274. The average Bonchev–Trinajstić information content (AvgIpc) is 3.23. The summed E-state index contributed by atoms with van der Waals surface area (Å²) in [6, 6.07) is 14.2. The summed E-state index contributed by atoms with van der Waals surface area (Å²) in [6.45, 7) is 4.45. The Morgan fingerprint density at radius 3 is 2.40 bits per heavy atom. The summed E-state index contributed by atoms with van der Waals surface area (Å²) in [5, 5.41) is 5.03. The molecular weight excluding hydrogens is 551 g/mol. The zero-order chi connectivity index (χ0) is 28.7. The minimum absolute atomic E-state index is 0.148. The Morgan fingerprint density at radius 2 is 1.75 bits per heavy atom. The van der Waals surface area contributed by atoms with E-state index in [4.69, 9.17) is 4.74 Å². The van der Waals surface area contributed by atoms with E-state index >= 15 is 0 Å². The van der Waals surface area contributed by atoms with Crippen LogP contribution in [0.25, 0.3) is 27.8 Å². The lowest BCUT2D eigenvalue weighted by Crippen LogP contribution is -2.36. The van der Waals surface area contributed by atoms with Crippen LogP contribution in [-0.2, 0) is 14.8 Å². The highest BCUT2D eigenvalue weighted by atomic mass is 32.2. The standard InChI is InChI=1S/C26H24F3N5O5S/c1-16-23-21(17-6-8-18(9-7-17)33-10-12-38-13-11-33)15-22(25(35)32-40(2,36)37)30-24(23)34(31-16)19-4-3-5-20(14-19)39-26(27,28)29/h3-9,14-15H,10-13H2,1-2H3,(H,32,35). The number of hydrogen-bond acceptors (Lipinski definition) is 8. The Bertz CT molecular complexity index is 1680. The fraction of sp³-hybridized carbons (Fsp3) is 0.269. The molecule has 3 heterocycles. The topological polar surface area (TPSA) is 116 Å². The number of hydrogen-bond donors (Lipinski definition) is 1. The summed E-state index contributed by atoms with van der Waals surface area (Å²) in [5.74, 6) is -1.42. The number of aryl methyl sites for hydroxylation is 1. The number of aromatic nitrogens is 3. The third kappa shape index (κ3) is 6.02. The molecule has 2 aromatic carbocycles. The number of sulfonamides is 1. The maximum absolute atomic E-state index is 12.9. The molecule has 14 heteroatoms. The number of anilines is 1. The average molecular weight is 576 g/mol. The predicted octanol–water partition coefficient (Wildman–Crippen LogP) is 3.82. The third-order valence-corrected chi connectivity index (χ3v) is 6.73. The second-order valence-corrected chi connectivity index (χ2v) is 10.9. The second-order valence-electron chi connectivity index (χ2n) is 9.15. The first-order valence-corrected chi connectivity index (χ1v) is 14.0. The van der Waals surface area contributed by atoms with Gasteiger partial charge in [-0.25, -0.2) is 22.8 Å². The van der Waals surface area contributed by atoms with Crippen molar-refractivity contribution in [2.75, 3.05) is 37.5 Å². The van der Waals surface area contributed by atoms with Crippen molar-refractivity contribution in [2.24, 2.45) is 0 Å². The fourth-order valence-electron chi connectivity index (χ4n) is 4.52. The molecule has 1 aliphatic rings. The number of alkyl halides is 3. The molecule has 0 unspecified atom stereocenters. The van der Waals surface area contributed by atoms with Gasteiger partial charge in [0, 0.05) is 24.8 Å². The van der Waals surface area contributed by atoms with E-state index in [0.717, 1.165) is 37.2 Å². The molecule has 4 aromatic rings. The molecule has 1 fully saturated rings. The molecule has 5 rings (SSSR count). The van der Waals surface area contributed by atoms with Crippen LogP contribution in [0.3, 0.4) is 0 Å². The quantitative estimate of drug-likeness (QED) is 0.369. The summed E-state index contributed by atoms with van der Waals surface area (Å²) < 4.78 is 74.7. The molecule has 0 radical (unpaired) electrons. The van der Waals surface area contributed by atoms with E-state index in [0.29, 0.717) is 35.4 Å². The van der Waals surface area contributed by atoms with Crippen molar-refractivity contribution in [3.05, 3.63) is 66.0 Å². The number of amides is 1. The first kappa shape index (κ1) is 27.4. The van der Waals surface area contributed by atoms with Crippen molar-refractivity contribution >= 4 is 32.7 Å². The Balaban J connectivity index is 1.66. The molecule has 210 valence electrons. The predicted molar refractivity (Wildman–Crippen MR) is 141 cm³/mol. The molecule has 2 aromatic heterocycles. The first-order chi connectivity index (χ1) is 18.9. The molecule has 1 aliphatic heterocycles. The van der Waals surface area contributed by atoms with Gasteiger partial charge in [-0.1, -0.05) is 18.2 Å². The van der Waals surface area contributed by atoms with Crippen molar-refractivity contribution in [3.8, 4) is 22.6 Å². The molecule has 0 bridgehead atoms. The highest BCUT2D eigenvalue weighted by Gasteiger charge is 2.31. The minimum atomic E-state index is -4.89. The monoisotopic (exact) mass is 575 g/mol. The van der Waals surface area contributed by atoms with Gasteiger partial charge in [0.25, 0.3) is 5.91 Å². The van der Waals surface area contributed by atoms with Gasteiger partial charge in [-0.05, 0) is 48.4 Å². The molecule has 10 nitrogen and oxygen atoms in total. The second kappa shape index (κ2) is 10.4. The Kier molecular flexibility index (Phi) is 7.14. The van der Waals surface area contributed by atoms with Crippen LogP contribution in [0.2, 0.25) is 0 Å². The number of benzene rings is 2. The molecule has 0 saturated carbocycles. The van der Waals surface area contributed by atoms with Crippen LogP contribution in [0.1, 0.15) is 16.2 Å². The summed E-state index contributed by atoms with van der Waals surface area (Å²) in [6.07, 6.45) is -4.05. The SMILES string of the molecule is Cc1nn(-c2cccc(OC(F)(F)F)c2)c2nc(C(=O)NS(C)(=O)=O)cc(-c3ccc(N4CCOCC4)cc3)c12. The molecule has 0 spiro atoms. The zero-order valence-electron chi connectivity index (χ0n) is 21.4. The van der Waals surface area contributed by atoms with Gasteiger partial charge in [-0.2, -0.15) is 5.10 Å². The normalized spacial score (nSPS) is 14.4. The highest BCUT2D eigenvalue weighted by Crippen LogP contribution is 2.34. The van der Waals surface area contributed by atoms with Gasteiger partial charge in [0.15, 0.2) is 5.65 Å². The van der Waals surface area contributed by atoms with E-state index in [1.54, 1.807) is 6.92 Å². The molecule has 0 atom stereocenters. The maximum Gasteiger partial charge on any atom is 0.573 e. The maximum atomic E-state index is 12.9. The summed E-state index contributed by atoms with van der Waals surface area (Å²) in [4.78, 5) is 19.4. The smallest absolute Gasteiger partial charge is 0.406 e. The van der Waals surface area contributed by atoms with E-state index in [-0.39, 0.29) is 17.0 Å². The number of carbonyl (C=O) groups is 1. The van der Waals surface area contributed by atoms with Crippen molar-refractivity contribution < 1.29 is 35.9 Å². The van der Waals surface area contributed by atoms with E-state index in [2.05, 4.69) is 19.7 Å². The van der Waals surface area contributed by atoms with Gasteiger partial charge in [-0.15, -0.1) is 13.2 Å². The first-order valence-electron chi connectivity index (χ1n) is 12.1. The summed E-state index contributed by atoms with van der Waals surface area (Å²) >= 11 is 0. The van der Waals surface area contributed by atoms with Gasteiger partial charge in [0.2, 0.25) is 10.0 Å². The molecule has 0 aliphatic carbocycles. The highest BCUT2D eigenvalue weighted by molar-refractivity contribution is 7.89. The molecule has 1 amide bonds. The van der Waals surface area contributed by atoms with Gasteiger partial charge in [-0.3, -0.25) is 4.79 Å². The summed E-state index contributed by atoms with van der Waals surface area (Å²) in [7, 11) is -3.90. The van der Waals surface area contributed by atoms with Crippen LogP contribution in [0.5, 0.6) is 5.75 Å². The Morgan fingerprint density at radius 1 is 1.05 bits per heavy atom. The van der Waals surface area contributed by atoms with E-state index < -0.39 is 28.0 Å². The number of nitrogens with one attached hydrogen (secondary N) is 1. The van der Waals surface area contributed by atoms with Crippen LogP contribution < -0.4 is 14.4 Å². The number of nitrogens with zero attached hydrogens (tertiary/aromatic N) is 4. The molecule has 1 N–H and O–H groups in total. The molecule has 40 heavy (non-hydrogen) atoms. The third-order valence-electron chi connectivity index (χ3n) is 6.17. The number of carbonyl (C=O) groups excluding carboxylic acids is 1. The van der Waals surface area contributed by atoms with Crippen LogP contribution in [0.4, 0.5) is 18.9 Å². The number of fused-ring (bicyclic) bond motifs is 1. The number of pyridine rings is 1. The van der Waals surface area contributed by atoms with Gasteiger partial charge in [0.1, 0.15) is 11.4 Å². The van der Waals surface area contributed by atoms with Crippen LogP contribution in [0.15, 0.2) is 54.6 Å². The Hall–Kier alpha value is -4.17. The van der Waals surface area contributed by atoms with Crippen LogP contribution in [-0.4, -0.2) is 68.0 Å². The van der Waals surface area contributed by atoms with E-state index in [9.17, 15) is 26.4 Å². The van der Waals surface area contributed by atoms with Crippen molar-refractivity contribution in [1.82, 2.24) is 19.5 Å². The van der Waals surface area contributed by atoms with Crippen LogP contribution >= 0.6 is 0 Å². The largest absolute Gasteiger partial charge is 0.573 e. The van der Waals surface area contributed by atoms with Crippen molar-refractivity contribution in [3.63, 3.8) is 0 Å². The fourth-order valence-corrected chi connectivity index (χ4v) is 4.96. The lowest BCUT2D eigenvalue weighted by Gasteiger charge is -2.29. The molecular formula is C26H24F3N5O5S. The number of halogens is 3. The van der Waals surface area contributed by atoms with E-state index in [1.807, 2.05) is 29.0 Å². The number of ether oxygens (including phenoxy) is 2. The van der Waals surface area contributed by atoms with Crippen LogP contribution in [0, 0.1) is 6.92 Å². The lowest BCUT2D eigenvalue weighted by atomic mass is 10.0. The van der Waals surface area contributed by atoms with Crippen molar-refractivity contribution in [1.29, 1.82) is 0 Å². The number of rotatable bonds is 6. The number of morpholine rings is 1. The molecule has 1 saturated heterocycles.